The molecule has 1 aliphatic rings. The van der Waals surface area contributed by atoms with Crippen molar-refractivity contribution in [1.82, 2.24) is 24.2 Å². The lowest BCUT2D eigenvalue weighted by Crippen LogP contribution is -2.51. The van der Waals surface area contributed by atoms with Crippen LogP contribution in [-0.2, 0) is 25.6 Å². The molecule has 1 atom stereocenters. The number of fused-ring (bicyclic) bond motifs is 3. The topological polar surface area (TPSA) is 73.8 Å². The van der Waals surface area contributed by atoms with Crippen molar-refractivity contribution in [2.45, 2.75) is 31.8 Å². The average Bonchev–Trinajstić information content (AvgIpc) is 3.42. The molecule has 0 saturated heterocycles. The van der Waals surface area contributed by atoms with E-state index in [9.17, 15) is 9.59 Å². The van der Waals surface area contributed by atoms with Gasteiger partial charge in [-0.1, -0.05) is 53.6 Å². The van der Waals surface area contributed by atoms with Crippen LogP contribution < -0.4 is 11.0 Å². The molecule has 8 heteroatoms. The summed E-state index contributed by atoms with van der Waals surface area (Å²) in [5.74, 6) is -0.255. The van der Waals surface area contributed by atoms with Crippen LogP contribution in [-0.4, -0.2) is 24.8 Å². The molecule has 0 bridgehead atoms. The van der Waals surface area contributed by atoms with Gasteiger partial charge in [0, 0.05) is 23.6 Å². The Balaban J connectivity index is 1.38. The third-order valence-electron chi connectivity index (χ3n) is 7.36. The monoisotopic (exact) mass is 511 g/mol. The van der Waals surface area contributed by atoms with E-state index < -0.39 is 5.54 Å². The summed E-state index contributed by atoms with van der Waals surface area (Å²) in [6.45, 7) is 2.72. The molecule has 186 valence electrons. The van der Waals surface area contributed by atoms with Gasteiger partial charge in [-0.25, -0.2) is 14.0 Å². The van der Waals surface area contributed by atoms with Crippen molar-refractivity contribution >= 4 is 28.4 Å². The molecular formula is C29H26ClN5O2. The fourth-order valence-corrected chi connectivity index (χ4v) is 5.64. The molecule has 1 amide bonds. The number of rotatable bonds is 4. The first-order valence-corrected chi connectivity index (χ1v) is 12.6. The minimum atomic E-state index is -0.607. The van der Waals surface area contributed by atoms with Crippen LogP contribution >= 0.6 is 11.6 Å². The molecule has 3 heterocycles. The van der Waals surface area contributed by atoms with Crippen LogP contribution in [0, 0.1) is 6.92 Å². The Morgan fingerprint density at radius 2 is 1.86 bits per heavy atom. The molecule has 6 rings (SSSR count). The highest BCUT2D eigenvalue weighted by molar-refractivity contribution is 6.34. The minimum Gasteiger partial charge on any atom is -0.342 e. The number of aromatic nitrogens is 4. The van der Waals surface area contributed by atoms with Crippen LogP contribution in [0.15, 0.2) is 83.9 Å². The van der Waals surface area contributed by atoms with Crippen molar-refractivity contribution < 1.29 is 4.79 Å². The van der Waals surface area contributed by atoms with Gasteiger partial charge in [-0.2, -0.15) is 5.10 Å². The summed E-state index contributed by atoms with van der Waals surface area (Å²) in [5, 5.41) is 8.83. The van der Waals surface area contributed by atoms with E-state index in [1.807, 2.05) is 18.2 Å². The van der Waals surface area contributed by atoms with Crippen molar-refractivity contribution in [3.63, 3.8) is 0 Å². The summed E-state index contributed by atoms with van der Waals surface area (Å²) in [7, 11) is 1.58. The summed E-state index contributed by atoms with van der Waals surface area (Å²) < 4.78 is 4.95. The Bertz CT molecular complexity index is 1720. The molecule has 0 radical (unpaired) electrons. The molecule has 0 aliphatic carbocycles. The van der Waals surface area contributed by atoms with E-state index in [4.69, 9.17) is 11.6 Å². The van der Waals surface area contributed by atoms with Gasteiger partial charge in [0.15, 0.2) is 0 Å². The first-order chi connectivity index (χ1) is 17.8. The minimum absolute atomic E-state index is 0.255. The number of hydrogen-bond donors (Lipinski definition) is 1. The van der Waals surface area contributed by atoms with Crippen LogP contribution in [0.4, 0.5) is 0 Å². The number of hydrogen-bond acceptors (Lipinski definition) is 3. The van der Waals surface area contributed by atoms with Gasteiger partial charge < -0.3 is 9.88 Å². The van der Waals surface area contributed by atoms with Crippen LogP contribution in [0.25, 0.3) is 16.6 Å². The number of nitrogens with one attached hydrogen (secondary N) is 1. The van der Waals surface area contributed by atoms with E-state index in [0.29, 0.717) is 17.8 Å². The molecule has 0 fully saturated rings. The summed E-state index contributed by atoms with van der Waals surface area (Å²) in [6.07, 6.45) is 3.03. The van der Waals surface area contributed by atoms with E-state index >= 15 is 0 Å². The number of aryl methyl sites for hydroxylation is 3. The molecule has 3 aromatic carbocycles. The highest BCUT2D eigenvalue weighted by atomic mass is 35.5. The van der Waals surface area contributed by atoms with Crippen molar-refractivity contribution in [1.29, 1.82) is 0 Å². The van der Waals surface area contributed by atoms with Crippen molar-refractivity contribution in [3.05, 3.63) is 117 Å². The van der Waals surface area contributed by atoms with E-state index in [1.165, 1.54) is 37.7 Å². The molecule has 7 nitrogen and oxygen atoms in total. The van der Waals surface area contributed by atoms with Crippen molar-refractivity contribution in [2.24, 2.45) is 7.05 Å². The van der Waals surface area contributed by atoms with Crippen LogP contribution in [0.3, 0.4) is 0 Å². The second-order valence-corrected chi connectivity index (χ2v) is 10.2. The first kappa shape index (κ1) is 23.3. The largest absolute Gasteiger partial charge is 0.350 e. The smallest absolute Gasteiger partial charge is 0.342 e. The average molecular weight is 512 g/mol. The van der Waals surface area contributed by atoms with Gasteiger partial charge in [-0.05, 0) is 61.7 Å². The lowest BCUT2D eigenvalue weighted by Gasteiger charge is -2.40. The van der Waals surface area contributed by atoms with Crippen LogP contribution in [0.1, 0.15) is 33.6 Å². The van der Waals surface area contributed by atoms with E-state index in [2.05, 4.69) is 58.3 Å². The molecule has 0 saturated carbocycles. The van der Waals surface area contributed by atoms with Crippen LogP contribution in [0.5, 0.6) is 0 Å². The maximum atomic E-state index is 13.7. The lowest BCUT2D eigenvalue weighted by atomic mass is 9.82. The normalized spacial score (nSPS) is 17.1. The molecule has 0 spiro atoms. The maximum Gasteiger partial charge on any atom is 0.350 e. The van der Waals surface area contributed by atoms with E-state index in [0.717, 1.165) is 18.4 Å². The molecule has 37 heavy (non-hydrogen) atoms. The zero-order valence-electron chi connectivity index (χ0n) is 20.6. The van der Waals surface area contributed by atoms with Gasteiger partial charge in [0.1, 0.15) is 6.33 Å². The third kappa shape index (κ3) is 3.96. The molecule has 0 unspecified atom stereocenters. The summed E-state index contributed by atoms with van der Waals surface area (Å²) in [4.78, 5) is 26.0. The van der Waals surface area contributed by atoms with Crippen LogP contribution in [0.2, 0.25) is 5.02 Å². The van der Waals surface area contributed by atoms with Crippen molar-refractivity contribution in [3.8, 4) is 5.69 Å². The Kier molecular flexibility index (Phi) is 5.53. The zero-order chi connectivity index (χ0) is 25.7. The number of carbonyl (C=O) groups excluding carboxylic acids is 1. The summed E-state index contributed by atoms with van der Waals surface area (Å²) in [6, 6.07) is 23.9. The lowest BCUT2D eigenvalue weighted by molar-refractivity contribution is 0.0868. The third-order valence-corrected chi connectivity index (χ3v) is 7.67. The highest BCUT2D eigenvalue weighted by Crippen LogP contribution is 2.37. The van der Waals surface area contributed by atoms with Gasteiger partial charge in [0.25, 0.3) is 5.91 Å². The fraction of sp³-hybridized carbons (Fsp3) is 0.207. The fourth-order valence-electron chi connectivity index (χ4n) is 5.38. The summed E-state index contributed by atoms with van der Waals surface area (Å²) >= 11 is 6.59. The molecule has 5 aromatic rings. The predicted molar refractivity (Wildman–Crippen MR) is 144 cm³/mol. The van der Waals surface area contributed by atoms with Gasteiger partial charge in [0.05, 0.1) is 28.4 Å². The Morgan fingerprint density at radius 1 is 1.05 bits per heavy atom. The number of nitrogens with zero attached hydrogens (tertiary/aromatic N) is 4. The van der Waals surface area contributed by atoms with Gasteiger partial charge in [-0.3, -0.25) is 4.79 Å². The maximum absolute atomic E-state index is 13.7. The number of carbonyl (C=O) groups is 1. The van der Waals surface area contributed by atoms with E-state index in [-0.39, 0.29) is 16.6 Å². The number of benzene rings is 3. The standard InChI is InChI=1S/C29H26ClN5O2/c1-19-8-11-26-20(14-19)15-23-12-13-29(17-34(23)26,21-6-4-3-5-7-21)32-27(36)24-10-9-22(16-25(24)30)35-18-31-33(2)28(35)37/h3-11,14-16,18H,12-13,17H2,1-2H3,(H,32,36)/t29-/m1/s1. The van der Waals surface area contributed by atoms with Gasteiger partial charge in [-0.15, -0.1) is 0 Å². The Hall–Kier alpha value is -4.10. The van der Waals surface area contributed by atoms with Gasteiger partial charge in [0.2, 0.25) is 0 Å². The Morgan fingerprint density at radius 3 is 2.59 bits per heavy atom. The predicted octanol–water partition coefficient (Wildman–Crippen LogP) is 4.76. The highest BCUT2D eigenvalue weighted by Gasteiger charge is 2.38. The quantitative estimate of drug-likeness (QED) is 0.378. The SMILES string of the molecule is Cc1ccc2c(c1)cc1n2C[C@@](NC(=O)c2ccc(-n3cnn(C)c3=O)cc2Cl)(c2ccccc2)CC1. The van der Waals surface area contributed by atoms with Gasteiger partial charge >= 0.3 is 5.69 Å². The second-order valence-electron chi connectivity index (χ2n) is 9.76. The second kappa shape index (κ2) is 8.78. The molecule has 2 aromatic heterocycles. The van der Waals surface area contributed by atoms with Crippen molar-refractivity contribution in [2.75, 3.05) is 0 Å². The number of amides is 1. The van der Waals surface area contributed by atoms with E-state index in [1.54, 1.807) is 25.2 Å². The Labute approximate surface area is 218 Å². The first-order valence-electron chi connectivity index (χ1n) is 12.2. The summed E-state index contributed by atoms with van der Waals surface area (Å²) in [5.41, 5.74) is 4.73. The molecule has 1 aliphatic heterocycles. The zero-order valence-corrected chi connectivity index (χ0v) is 21.4. The number of halogens is 1. The molecule has 1 N–H and O–H groups in total. The molecular weight excluding hydrogens is 486 g/mol.